The summed E-state index contributed by atoms with van der Waals surface area (Å²) in [6, 6.07) is 4.85. The van der Waals surface area contributed by atoms with Crippen LogP contribution in [0.5, 0.6) is 0 Å². The highest BCUT2D eigenvalue weighted by Crippen LogP contribution is 2.25. The first-order chi connectivity index (χ1) is 9.63. The van der Waals surface area contributed by atoms with Crippen molar-refractivity contribution >= 4 is 17.5 Å². The zero-order valence-corrected chi connectivity index (χ0v) is 12.6. The van der Waals surface area contributed by atoms with Crippen LogP contribution in [0.3, 0.4) is 0 Å². The van der Waals surface area contributed by atoms with Gasteiger partial charge in [-0.05, 0) is 31.9 Å². The molecule has 2 nitrogen and oxygen atoms in total. The van der Waals surface area contributed by atoms with Crippen molar-refractivity contribution in [3.63, 3.8) is 0 Å². The highest BCUT2D eigenvalue weighted by Gasteiger charge is 2.25. The van der Waals surface area contributed by atoms with Crippen LogP contribution in [-0.2, 0) is 11.2 Å². The van der Waals surface area contributed by atoms with Gasteiger partial charge in [-0.1, -0.05) is 36.9 Å². The van der Waals surface area contributed by atoms with E-state index >= 15 is 0 Å². The summed E-state index contributed by atoms with van der Waals surface area (Å²) in [6.07, 6.45) is 5.77. The second kappa shape index (κ2) is 7.07. The summed E-state index contributed by atoms with van der Waals surface area (Å²) in [4.78, 5) is 14.3. The third-order valence-corrected chi connectivity index (χ3v) is 4.42. The van der Waals surface area contributed by atoms with Crippen LogP contribution in [0.1, 0.15) is 44.6 Å². The van der Waals surface area contributed by atoms with Gasteiger partial charge in [-0.15, -0.1) is 0 Å². The summed E-state index contributed by atoms with van der Waals surface area (Å²) in [5.41, 5.74) is 0.313. The van der Waals surface area contributed by atoms with Gasteiger partial charge in [-0.3, -0.25) is 4.79 Å². The standard InChI is InChI=1S/C16H21ClFNO/c1-2-19(12-7-4-3-5-8-12)16(20)11-13-14(17)9-6-10-15(13)18/h6,9-10,12H,2-5,7-8,11H2,1H3. The number of benzene rings is 1. The lowest BCUT2D eigenvalue weighted by Gasteiger charge is -2.33. The van der Waals surface area contributed by atoms with Gasteiger partial charge in [0.25, 0.3) is 0 Å². The van der Waals surface area contributed by atoms with Crippen molar-refractivity contribution in [3.8, 4) is 0 Å². The Morgan fingerprint density at radius 3 is 2.65 bits per heavy atom. The van der Waals surface area contributed by atoms with Gasteiger partial charge >= 0.3 is 0 Å². The summed E-state index contributed by atoms with van der Waals surface area (Å²) in [5.74, 6) is -0.419. The molecule has 0 N–H and O–H groups in total. The Hall–Kier alpha value is -1.09. The van der Waals surface area contributed by atoms with Crippen LogP contribution < -0.4 is 0 Å². The average molecular weight is 298 g/mol. The summed E-state index contributed by atoms with van der Waals surface area (Å²) in [5, 5.41) is 0.332. The molecule has 0 spiro atoms. The van der Waals surface area contributed by atoms with Crippen LogP contribution in [-0.4, -0.2) is 23.4 Å². The summed E-state index contributed by atoms with van der Waals surface area (Å²) < 4.78 is 13.8. The fraction of sp³-hybridized carbons (Fsp3) is 0.562. The maximum atomic E-state index is 13.8. The Bertz CT molecular complexity index is 451. The van der Waals surface area contributed by atoms with Crippen LogP contribution >= 0.6 is 11.6 Å². The third-order valence-electron chi connectivity index (χ3n) is 4.07. The van der Waals surface area contributed by atoms with Crippen molar-refractivity contribution in [2.75, 3.05) is 6.54 Å². The predicted molar refractivity (Wildman–Crippen MR) is 79.4 cm³/mol. The number of halogens is 2. The molecule has 4 heteroatoms. The molecule has 1 fully saturated rings. The maximum Gasteiger partial charge on any atom is 0.227 e. The molecule has 0 aromatic heterocycles. The van der Waals surface area contributed by atoms with E-state index in [9.17, 15) is 9.18 Å². The second-order valence-corrected chi connectivity index (χ2v) is 5.76. The summed E-state index contributed by atoms with van der Waals surface area (Å²) in [7, 11) is 0. The van der Waals surface area contributed by atoms with Gasteiger partial charge in [0, 0.05) is 23.2 Å². The molecule has 0 atom stereocenters. The molecular weight excluding hydrogens is 277 g/mol. The number of hydrogen-bond donors (Lipinski definition) is 0. The van der Waals surface area contributed by atoms with Gasteiger partial charge < -0.3 is 4.90 Å². The minimum absolute atomic E-state index is 0.0219. The molecule has 1 aliphatic carbocycles. The van der Waals surface area contributed by atoms with Crippen LogP contribution in [0.2, 0.25) is 5.02 Å². The fourth-order valence-corrected chi connectivity index (χ4v) is 3.21. The van der Waals surface area contributed by atoms with Crippen LogP contribution in [0, 0.1) is 5.82 Å². The van der Waals surface area contributed by atoms with Crippen molar-refractivity contribution < 1.29 is 9.18 Å². The minimum atomic E-state index is -0.398. The second-order valence-electron chi connectivity index (χ2n) is 5.35. The van der Waals surface area contributed by atoms with E-state index in [-0.39, 0.29) is 12.3 Å². The molecule has 1 aromatic rings. The van der Waals surface area contributed by atoms with Gasteiger partial charge in [0.15, 0.2) is 0 Å². The van der Waals surface area contributed by atoms with E-state index < -0.39 is 5.82 Å². The van der Waals surface area contributed by atoms with Gasteiger partial charge in [-0.25, -0.2) is 4.39 Å². The van der Waals surface area contributed by atoms with Crippen molar-refractivity contribution in [1.82, 2.24) is 4.90 Å². The quantitative estimate of drug-likeness (QED) is 0.815. The fourth-order valence-electron chi connectivity index (χ4n) is 2.98. The van der Waals surface area contributed by atoms with Gasteiger partial charge in [0.1, 0.15) is 5.82 Å². The van der Waals surface area contributed by atoms with Gasteiger partial charge in [0.2, 0.25) is 5.91 Å². The molecule has 0 aliphatic heterocycles. The lowest BCUT2D eigenvalue weighted by molar-refractivity contribution is -0.133. The predicted octanol–water partition coefficient (Wildman–Crippen LogP) is 4.20. The molecule has 110 valence electrons. The van der Waals surface area contributed by atoms with Crippen molar-refractivity contribution in [2.24, 2.45) is 0 Å². The number of hydrogen-bond acceptors (Lipinski definition) is 1. The highest BCUT2D eigenvalue weighted by molar-refractivity contribution is 6.31. The first-order valence-corrected chi connectivity index (χ1v) is 7.73. The average Bonchev–Trinajstić information content (AvgIpc) is 2.45. The van der Waals surface area contributed by atoms with Crippen LogP contribution in [0.15, 0.2) is 18.2 Å². The zero-order chi connectivity index (χ0) is 14.5. The number of carbonyl (C=O) groups is 1. The first kappa shape index (κ1) is 15.3. The molecule has 0 unspecified atom stereocenters. The zero-order valence-electron chi connectivity index (χ0n) is 11.9. The van der Waals surface area contributed by atoms with E-state index in [0.717, 1.165) is 12.8 Å². The molecular formula is C16H21ClFNO. The maximum absolute atomic E-state index is 13.8. The van der Waals surface area contributed by atoms with Crippen LogP contribution in [0.25, 0.3) is 0 Å². The number of rotatable bonds is 4. The van der Waals surface area contributed by atoms with Crippen molar-refractivity contribution in [1.29, 1.82) is 0 Å². The minimum Gasteiger partial charge on any atom is -0.340 e. The molecule has 0 saturated heterocycles. The topological polar surface area (TPSA) is 20.3 Å². The molecule has 0 heterocycles. The molecule has 1 aliphatic rings. The smallest absolute Gasteiger partial charge is 0.227 e. The monoisotopic (exact) mass is 297 g/mol. The first-order valence-electron chi connectivity index (χ1n) is 7.35. The number of nitrogens with zero attached hydrogens (tertiary/aromatic N) is 1. The Morgan fingerprint density at radius 2 is 2.05 bits per heavy atom. The molecule has 0 radical (unpaired) electrons. The third kappa shape index (κ3) is 3.51. The van der Waals surface area contributed by atoms with E-state index in [0.29, 0.717) is 23.2 Å². The lowest BCUT2D eigenvalue weighted by Crippen LogP contribution is -2.42. The number of amides is 1. The highest BCUT2D eigenvalue weighted by atomic mass is 35.5. The molecule has 1 saturated carbocycles. The lowest BCUT2D eigenvalue weighted by atomic mass is 9.93. The summed E-state index contributed by atoms with van der Waals surface area (Å²) >= 11 is 6.00. The van der Waals surface area contributed by atoms with Gasteiger partial charge in [0.05, 0.1) is 6.42 Å². The Kier molecular flexibility index (Phi) is 5.41. The molecule has 1 aromatic carbocycles. The SMILES string of the molecule is CCN(C(=O)Cc1c(F)cccc1Cl)C1CCCCC1. The molecule has 1 amide bonds. The molecule has 0 bridgehead atoms. The number of carbonyl (C=O) groups excluding carboxylic acids is 1. The number of likely N-dealkylation sites (N-methyl/N-ethyl adjacent to an activating group) is 1. The Balaban J connectivity index is 2.09. The van der Waals surface area contributed by atoms with E-state index in [1.54, 1.807) is 12.1 Å². The van der Waals surface area contributed by atoms with Crippen molar-refractivity contribution in [3.05, 3.63) is 34.6 Å². The summed E-state index contributed by atoms with van der Waals surface area (Å²) in [6.45, 7) is 2.66. The van der Waals surface area contributed by atoms with E-state index in [4.69, 9.17) is 11.6 Å². The van der Waals surface area contributed by atoms with Crippen molar-refractivity contribution in [2.45, 2.75) is 51.5 Å². The largest absolute Gasteiger partial charge is 0.340 e. The van der Waals surface area contributed by atoms with E-state index in [2.05, 4.69) is 0 Å². The molecule has 2 rings (SSSR count). The Labute approximate surface area is 124 Å². The van der Waals surface area contributed by atoms with E-state index in [1.807, 2.05) is 11.8 Å². The molecule has 20 heavy (non-hydrogen) atoms. The van der Waals surface area contributed by atoms with Gasteiger partial charge in [-0.2, -0.15) is 0 Å². The Morgan fingerprint density at radius 1 is 1.35 bits per heavy atom. The normalized spacial score (nSPS) is 16.1. The van der Waals surface area contributed by atoms with Crippen LogP contribution in [0.4, 0.5) is 4.39 Å². The van der Waals surface area contributed by atoms with E-state index in [1.165, 1.54) is 25.3 Å².